The minimum Gasteiger partial charge on any atom is -0.481 e. The van der Waals surface area contributed by atoms with Crippen molar-refractivity contribution in [2.24, 2.45) is 56.7 Å². The molecule has 0 saturated heterocycles. The molecule has 5 aliphatic carbocycles. The van der Waals surface area contributed by atoms with E-state index in [-0.39, 0.29) is 34.5 Å². The standard InChI is InChI=1S/C30H50O6/c1-16-8-11-29(24(34)35)13-12-28(7)27(6)10-9-19-25(3,4)23(33)18(31)15-26(19,5)20(27)14-21(32)30(28,36)22(29)17(16)2/h16-23,31-33,36H,8-15H2,1-7H3,(H,34,35)/t16-,17+,18-,19-,20+,21+,22-,23+,26+,27-,28+,29+,30+/m1/s1. The third kappa shape index (κ3) is 2.81. The van der Waals surface area contributed by atoms with Crippen LogP contribution in [0.2, 0.25) is 0 Å². The van der Waals surface area contributed by atoms with E-state index in [4.69, 9.17) is 0 Å². The second-order valence-electron chi connectivity index (χ2n) is 15.3. The monoisotopic (exact) mass is 506 g/mol. The van der Waals surface area contributed by atoms with Crippen molar-refractivity contribution in [2.75, 3.05) is 0 Å². The van der Waals surface area contributed by atoms with E-state index in [1.54, 1.807) is 0 Å². The van der Waals surface area contributed by atoms with Crippen LogP contribution < -0.4 is 0 Å². The molecule has 0 aromatic carbocycles. The van der Waals surface area contributed by atoms with E-state index in [0.29, 0.717) is 32.1 Å². The molecule has 5 aliphatic rings. The topological polar surface area (TPSA) is 118 Å². The summed E-state index contributed by atoms with van der Waals surface area (Å²) in [6.45, 7) is 15.1. The number of carboxylic acids is 1. The molecule has 5 fully saturated rings. The first-order valence-electron chi connectivity index (χ1n) is 14.4. The highest BCUT2D eigenvalue weighted by atomic mass is 16.4. The van der Waals surface area contributed by atoms with Gasteiger partial charge >= 0.3 is 5.97 Å². The Hall–Kier alpha value is -0.690. The van der Waals surface area contributed by atoms with E-state index in [2.05, 4.69) is 48.5 Å². The molecule has 0 unspecified atom stereocenters. The molecule has 36 heavy (non-hydrogen) atoms. The van der Waals surface area contributed by atoms with Crippen molar-refractivity contribution in [3.8, 4) is 0 Å². The van der Waals surface area contributed by atoms with Crippen molar-refractivity contribution in [2.45, 2.75) is 124 Å². The summed E-state index contributed by atoms with van der Waals surface area (Å²) >= 11 is 0. The number of aliphatic hydroxyl groups excluding tert-OH is 3. The molecule has 0 aliphatic heterocycles. The molecule has 5 rings (SSSR count). The van der Waals surface area contributed by atoms with Gasteiger partial charge in [-0.1, -0.05) is 48.5 Å². The molecule has 206 valence electrons. The van der Waals surface area contributed by atoms with E-state index < -0.39 is 52.0 Å². The lowest BCUT2D eigenvalue weighted by Gasteiger charge is -2.76. The summed E-state index contributed by atoms with van der Waals surface area (Å²) in [7, 11) is 0. The molecule has 5 saturated carbocycles. The van der Waals surface area contributed by atoms with E-state index in [1.807, 2.05) is 0 Å². The Morgan fingerprint density at radius 3 is 2.11 bits per heavy atom. The van der Waals surface area contributed by atoms with Crippen molar-refractivity contribution >= 4 is 5.97 Å². The van der Waals surface area contributed by atoms with Crippen LogP contribution in [0.4, 0.5) is 0 Å². The molecule has 0 radical (unpaired) electrons. The predicted molar refractivity (Wildman–Crippen MR) is 137 cm³/mol. The van der Waals surface area contributed by atoms with Crippen LogP contribution in [0.15, 0.2) is 0 Å². The van der Waals surface area contributed by atoms with Gasteiger partial charge in [-0.25, -0.2) is 0 Å². The molecular weight excluding hydrogens is 456 g/mol. The highest BCUT2D eigenvalue weighted by molar-refractivity contribution is 5.76. The zero-order valence-electron chi connectivity index (χ0n) is 23.4. The van der Waals surface area contributed by atoms with Crippen LogP contribution in [0.3, 0.4) is 0 Å². The van der Waals surface area contributed by atoms with Gasteiger partial charge in [-0.15, -0.1) is 0 Å². The predicted octanol–water partition coefficient (Wildman–Crippen LogP) is 4.23. The Labute approximate surface area is 216 Å². The highest BCUT2D eigenvalue weighted by Gasteiger charge is 2.79. The molecule has 0 heterocycles. The van der Waals surface area contributed by atoms with E-state index >= 15 is 0 Å². The van der Waals surface area contributed by atoms with Crippen molar-refractivity contribution in [3.05, 3.63) is 0 Å². The van der Waals surface area contributed by atoms with E-state index in [0.717, 1.165) is 19.3 Å². The van der Waals surface area contributed by atoms with Crippen LogP contribution in [0.25, 0.3) is 0 Å². The number of hydrogen-bond donors (Lipinski definition) is 5. The number of carbonyl (C=O) groups is 1. The molecule has 6 heteroatoms. The summed E-state index contributed by atoms with van der Waals surface area (Å²) < 4.78 is 0. The fourth-order valence-corrected chi connectivity index (χ4v) is 11.8. The number of rotatable bonds is 1. The first-order valence-corrected chi connectivity index (χ1v) is 14.4. The SMILES string of the molecule is C[C@H]1[C@H](C)CC[C@]2(C(=O)O)CC[C@]3(C)[C@@](O)([C@H]12)[C@@H](O)C[C@H]1[C@@]2(C)C[C@@H](O)[C@H](O)C(C)(C)[C@H]2CC[C@]13C. The van der Waals surface area contributed by atoms with Crippen LogP contribution in [0.5, 0.6) is 0 Å². The smallest absolute Gasteiger partial charge is 0.310 e. The number of fused-ring (bicyclic) bond motifs is 7. The summed E-state index contributed by atoms with van der Waals surface area (Å²) in [4.78, 5) is 12.9. The lowest BCUT2D eigenvalue weighted by molar-refractivity contribution is -0.350. The largest absolute Gasteiger partial charge is 0.481 e. The van der Waals surface area contributed by atoms with Gasteiger partial charge in [0.25, 0.3) is 0 Å². The Morgan fingerprint density at radius 2 is 1.50 bits per heavy atom. The fourth-order valence-electron chi connectivity index (χ4n) is 11.8. The second-order valence-corrected chi connectivity index (χ2v) is 15.3. The van der Waals surface area contributed by atoms with E-state index in [9.17, 15) is 30.3 Å². The molecule has 5 N–H and O–H groups in total. The Kier molecular flexibility index (Phi) is 5.75. The molecule has 13 atom stereocenters. The van der Waals surface area contributed by atoms with Gasteiger partial charge in [-0.05, 0) is 91.3 Å². The molecular formula is C30H50O6. The second kappa shape index (κ2) is 7.70. The Morgan fingerprint density at radius 1 is 0.861 bits per heavy atom. The van der Waals surface area contributed by atoms with Crippen molar-refractivity contribution in [1.29, 1.82) is 0 Å². The molecule has 0 spiro atoms. The van der Waals surface area contributed by atoms with Crippen LogP contribution in [0, 0.1) is 56.7 Å². The van der Waals surface area contributed by atoms with Gasteiger partial charge in [0.1, 0.15) is 5.60 Å². The Balaban J connectivity index is 1.66. The molecule has 0 aromatic heterocycles. The average molecular weight is 507 g/mol. The summed E-state index contributed by atoms with van der Waals surface area (Å²) in [6.07, 6.45) is 2.52. The average Bonchev–Trinajstić information content (AvgIpc) is 2.78. The maximum Gasteiger partial charge on any atom is 0.310 e. The summed E-state index contributed by atoms with van der Waals surface area (Å²) in [5.74, 6) is -0.790. The van der Waals surface area contributed by atoms with Crippen molar-refractivity contribution < 1.29 is 30.3 Å². The lowest BCUT2D eigenvalue weighted by atomic mass is 9.29. The zero-order valence-corrected chi connectivity index (χ0v) is 23.4. The summed E-state index contributed by atoms with van der Waals surface area (Å²) in [6, 6.07) is 0. The summed E-state index contributed by atoms with van der Waals surface area (Å²) in [5, 5.41) is 57.4. The minimum atomic E-state index is -1.49. The quantitative estimate of drug-likeness (QED) is 0.363. The van der Waals surface area contributed by atoms with Gasteiger partial charge < -0.3 is 25.5 Å². The number of hydrogen-bond acceptors (Lipinski definition) is 5. The van der Waals surface area contributed by atoms with Gasteiger partial charge in [0.2, 0.25) is 0 Å². The maximum absolute atomic E-state index is 12.9. The summed E-state index contributed by atoms with van der Waals surface area (Å²) in [5.41, 5.74) is -4.22. The van der Waals surface area contributed by atoms with Crippen LogP contribution in [-0.4, -0.2) is 55.4 Å². The van der Waals surface area contributed by atoms with Crippen LogP contribution in [0.1, 0.15) is 99.8 Å². The number of aliphatic carboxylic acids is 1. The normalized spacial score (nSPS) is 60.2. The van der Waals surface area contributed by atoms with Crippen molar-refractivity contribution in [1.82, 2.24) is 0 Å². The number of aliphatic hydroxyl groups is 4. The molecule has 0 amide bonds. The maximum atomic E-state index is 12.9. The third-order valence-corrected chi connectivity index (χ3v) is 14.1. The minimum absolute atomic E-state index is 0.00761. The van der Waals surface area contributed by atoms with E-state index in [1.165, 1.54) is 0 Å². The molecule has 0 aromatic rings. The zero-order chi connectivity index (χ0) is 26.9. The fraction of sp³-hybridized carbons (Fsp3) is 0.967. The van der Waals surface area contributed by atoms with Crippen LogP contribution >= 0.6 is 0 Å². The Bertz CT molecular complexity index is 934. The first kappa shape index (κ1) is 26.9. The lowest BCUT2D eigenvalue weighted by Crippen LogP contribution is -2.79. The van der Waals surface area contributed by atoms with Gasteiger partial charge in [0.05, 0.1) is 23.7 Å². The van der Waals surface area contributed by atoms with Gasteiger partial charge in [-0.3, -0.25) is 4.79 Å². The van der Waals surface area contributed by atoms with Gasteiger partial charge in [-0.2, -0.15) is 0 Å². The highest BCUT2D eigenvalue weighted by Crippen LogP contribution is 2.78. The van der Waals surface area contributed by atoms with Gasteiger partial charge in [0, 0.05) is 11.3 Å². The first-order chi connectivity index (χ1) is 16.4. The third-order valence-electron chi connectivity index (χ3n) is 14.1. The number of carboxylic acid groups (broad SMARTS) is 1. The molecule has 0 bridgehead atoms. The van der Waals surface area contributed by atoms with Crippen molar-refractivity contribution in [3.63, 3.8) is 0 Å². The van der Waals surface area contributed by atoms with Gasteiger partial charge in [0.15, 0.2) is 0 Å². The van der Waals surface area contributed by atoms with Crippen LogP contribution in [-0.2, 0) is 4.79 Å². The molecule has 6 nitrogen and oxygen atoms in total.